The molecule has 5 heteroatoms. The lowest BCUT2D eigenvalue weighted by Crippen LogP contribution is -2.15. The van der Waals surface area contributed by atoms with Gasteiger partial charge in [0.05, 0.1) is 11.4 Å². The van der Waals surface area contributed by atoms with Crippen LogP contribution in [0.4, 0.5) is 5.69 Å². The summed E-state index contributed by atoms with van der Waals surface area (Å²) in [6, 6.07) is 26.2. The monoisotopic (exact) mass is 413 g/mol. The van der Waals surface area contributed by atoms with Crippen LogP contribution in [0.15, 0.2) is 90.2 Å². The summed E-state index contributed by atoms with van der Waals surface area (Å²) in [5.74, 6) is 0.236. The summed E-state index contributed by atoms with van der Waals surface area (Å²) in [6.45, 7) is 4.06. The van der Waals surface area contributed by atoms with Crippen molar-refractivity contribution in [1.29, 1.82) is 0 Å². The van der Waals surface area contributed by atoms with E-state index in [1.807, 2.05) is 73.8 Å². The molecule has 1 heterocycles. The van der Waals surface area contributed by atoms with Crippen molar-refractivity contribution in [2.24, 2.45) is 0 Å². The minimum atomic E-state index is -0.0469. The van der Waals surface area contributed by atoms with Gasteiger partial charge in [-0.3, -0.25) is 9.36 Å². The van der Waals surface area contributed by atoms with Crippen LogP contribution in [0.5, 0.6) is 0 Å². The van der Waals surface area contributed by atoms with Crippen molar-refractivity contribution < 1.29 is 4.79 Å². The van der Waals surface area contributed by atoms with Gasteiger partial charge in [-0.2, -0.15) is 0 Å². The molecule has 1 N–H and O–H groups in total. The summed E-state index contributed by atoms with van der Waals surface area (Å²) in [7, 11) is 0. The van der Waals surface area contributed by atoms with E-state index in [9.17, 15) is 4.79 Å². The molecular weight excluding hydrogens is 390 g/mol. The van der Waals surface area contributed by atoms with Crippen LogP contribution in [0.3, 0.4) is 0 Å². The fraction of sp³-hybridized carbons (Fsp3) is 0.120. The molecule has 0 radical (unpaired) electrons. The number of aromatic nitrogens is 2. The predicted molar refractivity (Wildman–Crippen MR) is 124 cm³/mol. The van der Waals surface area contributed by atoms with Gasteiger partial charge in [0, 0.05) is 23.1 Å². The van der Waals surface area contributed by atoms with E-state index in [0.717, 1.165) is 33.4 Å². The molecule has 0 saturated carbocycles. The fourth-order valence-electron chi connectivity index (χ4n) is 3.21. The molecule has 0 bridgehead atoms. The van der Waals surface area contributed by atoms with E-state index < -0.39 is 0 Å². The molecule has 3 aromatic carbocycles. The molecule has 1 aromatic heterocycles. The van der Waals surface area contributed by atoms with E-state index in [0.29, 0.717) is 0 Å². The van der Waals surface area contributed by atoms with E-state index in [1.165, 1.54) is 17.3 Å². The Morgan fingerprint density at radius 3 is 2.50 bits per heavy atom. The van der Waals surface area contributed by atoms with Gasteiger partial charge in [0.2, 0.25) is 5.91 Å². The highest BCUT2D eigenvalue weighted by molar-refractivity contribution is 7.99. The molecule has 0 aliphatic carbocycles. The average molecular weight is 414 g/mol. The standard InChI is InChI=1S/C25H23N3OS/c1-18-9-8-13-21(15-18)28-16-23(20-11-4-3-5-12-20)27-25(28)30-17-24(29)26-22-14-7-6-10-19(22)2/h3-16H,17H2,1-2H3,(H,26,29). The average Bonchev–Trinajstić information content (AvgIpc) is 3.19. The lowest BCUT2D eigenvalue weighted by atomic mass is 10.2. The zero-order valence-corrected chi connectivity index (χ0v) is 17.8. The topological polar surface area (TPSA) is 46.9 Å². The zero-order valence-electron chi connectivity index (χ0n) is 17.0. The molecule has 30 heavy (non-hydrogen) atoms. The Labute approximate surface area is 181 Å². The Morgan fingerprint density at radius 1 is 0.967 bits per heavy atom. The number of nitrogens with zero attached hydrogens (tertiary/aromatic N) is 2. The first-order valence-corrected chi connectivity index (χ1v) is 10.8. The second kappa shape index (κ2) is 9.01. The van der Waals surface area contributed by atoms with E-state index in [-0.39, 0.29) is 11.7 Å². The number of hydrogen-bond donors (Lipinski definition) is 1. The molecule has 0 atom stereocenters. The Kier molecular flexibility index (Phi) is 6.00. The molecule has 0 fully saturated rings. The third-order valence-electron chi connectivity index (χ3n) is 4.77. The molecule has 0 aliphatic heterocycles. The number of para-hydroxylation sites is 1. The van der Waals surface area contributed by atoms with Crippen LogP contribution in [0, 0.1) is 13.8 Å². The quantitative estimate of drug-likeness (QED) is 0.401. The van der Waals surface area contributed by atoms with Gasteiger partial charge in [-0.05, 0) is 43.2 Å². The second-order valence-electron chi connectivity index (χ2n) is 7.14. The van der Waals surface area contributed by atoms with E-state index in [2.05, 4.69) is 35.0 Å². The first kappa shape index (κ1) is 20.0. The molecule has 150 valence electrons. The molecule has 0 aliphatic rings. The van der Waals surface area contributed by atoms with Crippen LogP contribution < -0.4 is 5.32 Å². The van der Waals surface area contributed by atoms with Crippen molar-refractivity contribution in [1.82, 2.24) is 9.55 Å². The smallest absolute Gasteiger partial charge is 0.234 e. The number of benzene rings is 3. The van der Waals surface area contributed by atoms with Crippen molar-refractivity contribution in [2.75, 3.05) is 11.1 Å². The molecule has 4 aromatic rings. The Morgan fingerprint density at radius 2 is 1.73 bits per heavy atom. The highest BCUT2D eigenvalue weighted by Crippen LogP contribution is 2.28. The van der Waals surface area contributed by atoms with Gasteiger partial charge in [-0.25, -0.2) is 4.98 Å². The maximum atomic E-state index is 12.5. The van der Waals surface area contributed by atoms with Gasteiger partial charge >= 0.3 is 0 Å². The Bertz CT molecular complexity index is 1170. The molecule has 0 unspecified atom stereocenters. The summed E-state index contributed by atoms with van der Waals surface area (Å²) in [4.78, 5) is 17.4. The van der Waals surface area contributed by atoms with Crippen LogP contribution in [0.2, 0.25) is 0 Å². The predicted octanol–water partition coefficient (Wildman–Crippen LogP) is 5.89. The minimum Gasteiger partial charge on any atom is -0.325 e. The van der Waals surface area contributed by atoms with Gasteiger partial charge in [0.1, 0.15) is 0 Å². The van der Waals surface area contributed by atoms with Crippen molar-refractivity contribution in [3.05, 3.63) is 96.2 Å². The van der Waals surface area contributed by atoms with Crippen molar-refractivity contribution in [2.45, 2.75) is 19.0 Å². The minimum absolute atomic E-state index is 0.0469. The largest absolute Gasteiger partial charge is 0.325 e. The molecule has 4 nitrogen and oxygen atoms in total. The van der Waals surface area contributed by atoms with Crippen molar-refractivity contribution in [3.8, 4) is 16.9 Å². The first-order valence-electron chi connectivity index (χ1n) is 9.80. The SMILES string of the molecule is Cc1cccc(-n2cc(-c3ccccc3)nc2SCC(=O)Nc2ccccc2C)c1. The number of nitrogens with one attached hydrogen (secondary N) is 1. The Hall–Kier alpha value is -3.31. The molecule has 1 amide bonds. The third-order valence-corrected chi connectivity index (χ3v) is 5.73. The lowest BCUT2D eigenvalue weighted by molar-refractivity contribution is -0.113. The summed E-state index contributed by atoms with van der Waals surface area (Å²) < 4.78 is 2.06. The molecule has 0 saturated heterocycles. The van der Waals surface area contributed by atoms with Crippen LogP contribution in [0.25, 0.3) is 16.9 Å². The molecule has 0 spiro atoms. The van der Waals surface area contributed by atoms with Gasteiger partial charge in [0.25, 0.3) is 0 Å². The normalized spacial score (nSPS) is 10.7. The van der Waals surface area contributed by atoms with E-state index in [1.54, 1.807) is 0 Å². The van der Waals surface area contributed by atoms with Gasteiger partial charge in [-0.1, -0.05) is 72.4 Å². The Balaban J connectivity index is 1.59. The number of hydrogen-bond acceptors (Lipinski definition) is 3. The summed E-state index contributed by atoms with van der Waals surface area (Å²) in [6.07, 6.45) is 2.03. The van der Waals surface area contributed by atoms with Crippen molar-refractivity contribution in [3.63, 3.8) is 0 Å². The summed E-state index contributed by atoms with van der Waals surface area (Å²) in [5.41, 5.74) is 6.04. The summed E-state index contributed by atoms with van der Waals surface area (Å²) in [5, 5.41) is 3.78. The van der Waals surface area contributed by atoms with Crippen LogP contribution in [0.1, 0.15) is 11.1 Å². The summed E-state index contributed by atoms with van der Waals surface area (Å²) >= 11 is 1.44. The number of rotatable bonds is 6. The van der Waals surface area contributed by atoms with E-state index >= 15 is 0 Å². The number of aryl methyl sites for hydroxylation is 2. The number of thioether (sulfide) groups is 1. The number of amides is 1. The van der Waals surface area contributed by atoms with Crippen molar-refractivity contribution >= 4 is 23.4 Å². The van der Waals surface area contributed by atoms with Gasteiger partial charge < -0.3 is 5.32 Å². The van der Waals surface area contributed by atoms with Gasteiger partial charge in [-0.15, -0.1) is 0 Å². The first-order chi connectivity index (χ1) is 14.6. The number of imidazole rings is 1. The fourth-order valence-corrected chi connectivity index (χ4v) is 4.00. The van der Waals surface area contributed by atoms with Crippen LogP contribution in [-0.2, 0) is 4.79 Å². The van der Waals surface area contributed by atoms with Crippen LogP contribution in [-0.4, -0.2) is 21.2 Å². The second-order valence-corrected chi connectivity index (χ2v) is 8.08. The number of anilines is 1. The molecular formula is C25H23N3OS. The number of carbonyl (C=O) groups is 1. The zero-order chi connectivity index (χ0) is 20.9. The van der Waals surface area contributed by atoms with E-state index in [4.69, 9.17) is 4.98 Å². The van der Waals surface area contributed by atoms with Gasteiger partial charge in [0.15, 0.2) is 5.16 Å². The lowest BCUT2D eigenvalue weighted by Gasteiger charge is -2.09. The third kappa shape index (κ3) is 4.63. The maximum absolute atomic E-state index is 12.5. The highest BCUT2D eigenvalue weighted by atomic mass is 32.2. The highest BCUT2D eigenvalue weighted by Gasteiger charge is 2.14. The maximum Gasteiger partial charge on any atom is 0.234 e. The van der Waals surface area contributed by atoms with Crippen LogP contribution >= 0.6 is 11.8 Å². The number of carbonyl (C=O) groups excluding carboxylic acids is 1. The molecule has 4 rings (SSSR count).